The average Bonchev–Trinajstić information content (AvgIpc) is 2.60. The van der Waals surface area contributed by atoms with Crippen LogP contribution in [0.15, 0.2) is 71.6 Å². The smallest absolute Gasteiger partial charge is 0.321 e. The van der Waals surface area contributed by atoms with Gasteiger partial charge >= 0.3 is 5.97 Å². The first-order valence-corrected chi connectivity index (χ1v) is 8.19. The number of fused-ring (bicyclic) bond motifs is 1. The van der Waals surface area contributed by atoms with Gasteiger partial charge in [0.25, 0.3) is 0 Å². The Morgan fingerprint density at radius 3 is 2.35 bits per heavy atom. The van der Waals surface area contributed by atoms with Crippen molar-refractivity contribution in [2.75, 3.05) is 12.9 Å². The molecule has 3 rings (SSSR count). The molecule has 0 aliphatic heterocycles. The Balaban J connectivity index is 1.58. The molecule has 3 nitrogen and oxygen atoms in total. The molecule has 0 heterocycles. The number of rotatable bonds is 5. The van der Waals surface area contributed by atoms with Gasteiger partial charge in [-0.25, -0.2) is 0 Å². The minimum atomic E-state index is -0.270. The van der Waals surface area contributed by atoms with Crippen LogP contribution in [0, 0.1) is 0 Å². The van der Waals surface area contributed by atoms with Crippen LogP contribution < -0.4 is 9.47 Å². The summed E-state index contributed by atoms with van der Waals surface area (Å²) in [6, 6.07) is 21.3. The lowest BCUT2D eigenvalue weighted by molar-refractivity contribution is -0.131. The van der Waals surface area contributed by atoms with Crippen LogP contribution in [-0.4, -0.2) is 18.8 Å². The number of hydrogen-bond acceptors (Lipinski definition) is 4. The molecule has 0 bridgehead atoms. The number of ether oxygens (including phenoxy) is 2. The van der Waals surface area contributed by atoms with Crippen molar-refractivity contribution in [3.63, 3.8) is 0 Å². The Kier molecular flexibility index (Phi) is 4.83. The maximum absolute atomic E-state index is 11.9. The fourth-order valence-electron chi connectivity index (χ4n) is 2.20. The highest BCUT2D eigenvalue weighted by Gasteiger charge is 2.07. The van der Waals surface area contributed by atoms with Gasteiger partial charge in [-0.15, -0.1) is 11.8 Å². The average molecular weight is 324 g/mol. The Labute approximate surface area is 139 Å². The van der Waals surface area contributed by atoms with Gasteiger partial charge in [-0.2, -0.15) is 0 Å². The largest absolute Gasteiger partial charge is 0.497 e. The summed E-state index contributed by atoms with van der Waals surface area (Å²) in [5.41, 5.74) is 0. The van der Waals surface area contributed by atoms with E-state index >= 15 is 0 Å². The van der Waals surface area contributed by atoms with E-state index < -0.39 is 0 Å². The third-order valence-corrected chi connectivity index (χ3v) is 4.34. The summed E-state index contributed by atoms with van der Waals surface area (Å²) in [5.74, 6) is 1.25. The zero-order valence-corrected chi connectivity index (χ0v) is 13.5. The van der Waals surface area contributed by atoms with Crippen LogP contribution in [0.1, 0.15) is 0 Å². The highest BCUT2D eigenvalue weighted by molar-refractivity contribution is 8.00. The quantitative estimate of drug-likeness (QED) is 0.392. The van der Waals surface area contributed by atoms with E-state index in [2.05, 4.69) is 24.3 Å². The van der Waals surface area contributed by atoms with Gasteiger partial charge in [-0.05, 0) is 47.2 Å². The van der Waals surface area contributed by atoms with Crippen molar-refractivity contribution >= 4 is 28.5 Å². The predicted octanol–water partition coefficient (Wildman–Crippen LogP) is 4.55. The van der Waals surface area contributed by atoms with Crippen LogP contribution in [0.3, 0.4) is 0 Å². The molecule has 4 heteroatoms. The molecular weight excluding hydrogens is 308 g/mol. The number of hydrogen-bond donors (Lipinski definition) is 0. The maximum atomic E-state index is 11.9. The molecule has 0 aliphatic rings. The van der Waals surface area contributed by atoms with Crippen molar-refractivity contribution in [3.8, 4) is 11.5 Å². The zero-order chi connectivity index (χ0) is 16.1. The molecule has 0 spiro atoms. The minimum absolute atomic E-state index is 0.268. The van der Waals surface area contributed by atoms with Gasteiger partial charge in [0.05, 0.1) is 12.9 Å². The number of methoxy groups -OCH3 is 1. The fraction of sp³-hybridized carbons (Fsp3) is 0.105. The summed E-state index contributed by atoms with van der Waals surface area (Å²) < 4.78 is 10.4. The molecule has 0 fully saturated rings. The van der Waals surface area contributed by atoms with Crippen LogP contribution in [0.25, 0.3) is 10.8 Å². The molecule has 0 amide bonds. The summed E-state index contributed by atoms with van der Waals surface area (Å²) in [4.78, 5) is 13.0. The van der Waals surface area contributed by atoms with E-state index in [4.69, 9.17) is 9.47 Å². The Morgan fingerprint density at radius 2 is 1.61 bits per heavy atom. The summed E-state index contributed by atoms with van der Waals surface area (Å²) in [5, 5.41) is 2.36. The number of thioether (sulfide) groups is 1. The molecule has 116 valence electrons. The molecule has 3 aromatic carbocycles. The number of carbonyl (C=O) groups excluding carboxylic acids is 1. The minimum Gasteiger partial charge on any atom is -0.497 e. The summed E-state index contributed by atoms with van der Waals surface area (Å²) >= 11 is 1.47. The van der Waals surface area contributed by atoms with E-state index in [0.717, 1.165) is 10.6 Å². The van der Waals surface area contributed by atoms with Crippen molar-refractivity contribution in [2.24, 2.45) is 0 Å². The van der Waals surface area contributed by atoms with Gasteiger partial charge in [0.15, 0.2) is 0 Å². The van der Waals surface area contributed by atoms with Gasteiger partial charge in [0, 0.05) is 4.90 Å². The first kappa shape index (κ1) is 15.4. The van der Waals surface area contributed by atoms with Gasteiger partial charge in [-0.1, -0.05) is 30.3 Å². The SMILES string of the molecule is COc1ccc(OC(=O)CSc2ccc3ccccc3c2)cc1. The molecule has 3 aromatic rings. The molecular formula is C19H16O3S. The molecule has 0 radical (unpaired) electrons. The summed E-state index contributed by atoms with van der Waals surface area (Å²) in [6.07, 6.45) is 0. The summed E-state index contributed by atoms with van der Waals surface area (Å²) in [7, 11) is 1.60. The highest BCUT2D eigenvalue weighted by Crippen LogP contribution is 2.24. The molecule has 0 aromatic heterocycles. The standard InChI is InChI=1S/C19H16O3S/c1-21-16-7-9-17(10-8-16)22-19(20)13-23-18-11-6-14-4-2-3-5-15(14)12-18/h2-12H,13H2,1H3. The van der Waals surface area contributed by atoms with Gasteiger partial charge in [0.2, 0.25) is 0 Å². The molecule has 0 saturated heterocycles. The molecule has 0 atom stereocenters. The Bertz CT molecular complexity index is 812. The maximum Gasteiger partial charge on any atom is 0.321 e. The van der Waals surface area contributed by atoms with Crippen LogP contribution in [0.5, 0.6) is 11.5 Å². The number of benzene rings is 3. The van der Waals surface area contributed by atoms with Crippen molar-refractivity contribution in [3.05, 3.63) is 66.7 Å². The van der Waals surface area contributed by atoms with Crippen molar-refractivity contribution in [1.29, 1.82) is 0 Å². The second kappa shape index (κ2) is 7.20. The lowest BCUT2D eigenvalue weighted by Gasteiger charge is -2.06. The van der Waals surface area contributed by atoms with Crippen LogP contribution in [-0.2, 0) is 4.79 Å². The van der Waals surface area contributed by atoms with Crippen molar-refractivity contribution in [1.82, 2.24) is 0 Å². The lowest BCUT2D eigenvalue weighted by Crippen LogP contribution is -2.10. The second-order valence-electron chi connectivity index (χ2n) is 4.95. The Morgan fingerprint density at radius 1 is 0.913 bits per heavy atom. The third kappa shape index (κ3) is 4.05. The number of carbonyl (C=O) groups is 1. The van der Waals surface area contributed by atoms with Crippen molar-refractivity contribution < 1.29 is 14.3 Å². The normalized spacial score (nSPS) is 10.5. The molecule has 0 saturated carbocycles. The molecule has 0 N–H and O–H groups in total. The monoisotopic (exact) mass is 324 g/mol. The van der Waals surface area contributed by atoms with Crippen LogP contribution in [0.2, 0.25) is 0 Å². The summed E-state index contributed by atoms with van der Waals surface area (Å²) in [6.45, 7) is 0. The third-order valence-electron chi connectivity index (χ3n) is 3.37. The first-order valence-electron chi connectivity index (χ1n) is 7.21. The van der Waals surface area contributed by atoms with Gasteiger partial charge in [0.1, 0.15) is 11.5 Å². The molecule has 0 unspecified atom stereocenters. The number of esters is 1. The van der Waals surface area contributed by atoms with Gasteiger partial charge in [-0.3, -0.25) is 4.79 Å². The van der Waals surface area contributed by atoms with Crippen LogP contribution in [0.4, 0.5) is 0 Å². The fourth-order valence-corrected chi connectivity index (χ4v) is 2.92. The topological polar surface area (TPSA) is 35.5 Å². The zero-order valence-electron chi connectivity index (χ0n) is 12.7. The Hall–Kier alpha value is -2.46. The first-order chi connectivity index (χ1) is 11.2. The van der Waals surface area contributed by atoms with E-state index in [1.807, 2.05) is 18.2 Å². The molecule has 0 aliphatic carbocycles. The van der Waals surface area contributed by atoms with Crippen LogP contribution >= 0.6 is 11.8 Å². The lowest BCUT2D eigenvalue weighted by atomic mass is 10.1. The predicted molar refractivity (Wildman–Crippen MR) is 93.3 cm³/mol. The van der Waals surface area contributed by atoms with Crippen molar-refractivity contribution in [2.45, 2.75) is 4.90 Å². The van der Waals surface area contributed by atoms with Gasteiger partial charge < -0.3 is 9.47 Å². The second-order valence-corrected chi connectivity index (χ2v) is 6.00. The highest BCUT2D eigenvalue weighted by atomic mass is 32.2. The van der Waals surface area contributed by atoms with E-state index in [0.29, 0.717) is 5.75 Å². The van der Waals surface area contributed by atoms with E-state index in [9.17, 15) is 4.79 Å². The molecule has 23 heavy (non-hydrogen) atoms. The van der Waals surface area contributed by atoms with E-state index in [-0.39, 0.29) is 11.7 Å². The van der Waals surface area contributed by atoms with E-state index in [1.54, 1.807) is 31.4 Å². The van der Waals surface area contributed by atoms with E-state index in [1.165, 1.54) is 22.5 Å².